The topological polar surface area (TPSA) is 56.0 Å². The smallest absolute Gasteiger partial charge is 0.364 e. The first kappa shape index (κ1) is 12.3. The van der Waals surface area contributed by atoms with Crippen LogP contribution in [-0.4, -0.2) is 10.9 Å². The molecule has 1 amide bonds. The molecule has 0 aliphatic rings. The number of carbonyl (C=O) groups excluding carboxylic acids is 1. The number of primary amides is 1. The third-order valence-electron chi connectivity index (χ3n) is 1.74. The zero-order valence-corrected chi connectivity index (χ0v) is 7.55. The van der Waals surface area contributed by atoms with Gasteiger partial charge in [0.1, 0.15) is 5.69 Å². The van der Waals surface area contributed by atoms with E-state index in [1.807, 2.05) is 0 Å². The van der Waals surface area contributed by atoms with Crippen molar-refractivity contribution >= 4 is 5.91 Å². The number of rotatable bonds is 2. The van der Waals surface area contributed by atoms with Crippen molar-refractivity contribution in [2.24, 2.45) is 5.73 Å². The molecule has 88 valence electrons. The van der Waals surface area contributed by atoms with E-state index in [0.29, 0.717) is 12.3 Å². The van der Waals surface area contributed by atoms with Gasteiger partial charge in [0.25, 0.3) is 12.3 Å². The van der Waals surface area contributed by atoms with Crippen LogP contribution in [0.25, 0.3) is 0 Å². The van der Waals surface area contributed by atoms with Crippen LogP contribution in [0.3, 0.4) is 0 Å². The van der Waals surface area contributed by atoms with Crippen LogP contribution in [0.1, 0.15) is 28.0 Å². The molecular weight excluding hydrogens is 235 g/mol. The second-order valence-corrected chi connectivity index (χ2v) is 2.79. The van der Waals surface area contributed by atoms with Crippen molar-refractivity contribution in [1.29, 1.82) is 0 Å². The van der Waals surface area contributed by atoms with Crippen molar-refractivity contribution in [3.05, 3.63) is 29.1 Å². The van der Waals surface area contributed by atoms with E-state index in [4.69, 9.17) is 0 Å². The van der Waals surface area contributed by atoms with Crippen LogP contribution < -0.4 is 5.73 Å². The van der Waals surface area contributed by atoms with Gasteiger partial charge in [-0.05, 0) is 6.07 Å². The largest absolute Gasteiger partial charge is 0.419 e. The van der Waals surface area contributed by atoms with E-state index >= 15 is 0 Å². The molecule has 0 fully saturated rings. The number of nitrogens with zero attached hydrogens (tertiary/aromatic N) is 1. The first-order valence-electron chi connectivity index (χ1n) is 3.89. The SMILES string of the molecule is NC(=O)c1nccc(C(F)F)c1C(F)(F)F. The standard InChI is InChI=1S/C8H5F5N2O/c9-6(10)3-1-2-15-5(7(14)16)4(3)8(11,12)13/h1-2,6H,(H2,14,16). The summed E-state index contributed by atoms with van der Waals surface area (Å²) >= 11 is 0. The van der Waals surface area contributed by atoms with Gasteiger partial charge in [-0.3, -0.25) is 9.78 Å². The Morgan fingerprint density at radius 2 is 1.94 bits per heavy atom. The molecule has 8 heteroatoms. The molecule has 16 heavy (non-hydrogen) atoms. The molecule has 1 rings (SSSR count). The van der Waals surface area contributed by atoms with Crippen molar-refractivity contribution in [2.45, 2.75) is 12.6 Å². The van der Waals surface area contributed by atoms with E-state index in [-0.39, 0.29) is 0 Å². The molecule has 0 aromatic carbocycles. The lowest BCUT2D eigenvalue weighted by Crippen LogP contribution is -2.22. The molecule has 3 nitrogen and oxygen atoms in total. The predicted octanol–water partition coefficient (Wildman–Crippen LogP) is 2.14. The third kappa shape index (κ3) is 2.26. The Kier molecular flexibility index (Phi) is 3.11. The maximum atomic E-state index is 12.4. The first-order chi connectivity index (χ1) is 7.25. The lowest BCUT2D eigenvalue weighted by atomic mass is 10.1. The number of nitrogens with two attached hydrogens (primary N) is 1. The maximum absolute atomic E-state index is 12.4. The Bertz CT molecular complexity index is 415. The third-order valence-corrected chi connectivity index (χ3v) is 1.74. The molecule has 0 aliphatic heterocycles. The second-order valence-electron chi connectivity index (χ2n) is 2.79. The van der Waals surface area contributed by atoms with Crippen LogP contribution in [-0.2, 0) is 6.18 Å². The summed E-state index contributed by atoms with van der Waals surface area (Å²) in [6.07, 6.45) is -7.79. The van der Waals surface area contributed by atoms with Crippen LogP contribution in [0.5, 0.6) is 0 Å². The summed E-state index contributed by atoms with van der Waals surface area (Å²) in [7, 11) is 0. The number of hydrogen-bond donors (Lipinski definition) is 1. The van der Waals surface area contributed by atoms with Gasteiger partial charge in [0.05, 0.1) is 5.56 Å². The molecule has 0 aliphatic carbocycles. The normalized spacial score (nSPS) is 11.9. The Morgan fingerprint density at radius 1 is 1.38 bits per heavy atom. The quantitative estimate of drug-likeness (QED) is 0.805. The van der Waals surface area contributed by atoms with Gasteiger partial charge in [0, 0.05) is 11.8 Å². The highest BCUT2D eigenvalue weighted by molar-refractivity contribution is 5.92. The zero-order chi connectivity index (χ0) is 12.5. The molecule has 0 saturated carbocycles. The van der Waals surface area contributed by atoms with Gasteiger partial charge >= 0.3 is 6.18 Å². The monoisotopic (exact) mass is 240 g/mol. The highest BCUT2D eigenvalue weighted by Crippen LogP contribution is 2.37. The molecule has 0 atom stereocenters. The minimum atomic E-state index is -5.11. The van der Waals surface area contributed by atoms with Gasteiger partial charge in [0.2, 0.25) is 0 Å². The molecular formula is C8H5F5N2O. The summed E-state index contributed by atoms with van der Waals surface area (Å²) < 4.78 is 62.0. The lowest BCUT2D eigenvalue weighted by Gasteiger charge is -2.14. The minimum absolute atomic E-state index is 0.500. The number of hydrogen-bond acceptors (Lipinski definition) is 2. The van der Waals surface area contributed by atoms with E-state index in [1.54, 1.807) is 0 Å². The summed E-state index contributed by atoms with van der Waals surface area (Å²) in [6.45, 7) is 0. The van der Waals surface area contributed by atoms with Crippen LogP contribution in [0.4, 0.5) is 22.0 Å². The lowest BCUT2D eigenvalue weighted by molar-refractivity contribution is -0.140. The number of alkyl halides is 5. The number of aromatic nitrogens is 1. The van der Waals surface area contributed by atoms with E-state index in [1.165, 1.54) is 0 Å². The molecule has 0 spiro atoms. The molecule has 0 bridgehead atoms. The van der Waals surface area contributed by atoms with Crippen LogP contribution in [0.15, 0.2) is 12.3 Å². The molecule has 1 heterocycles. The Balaban J connectivity index is 3.54. The van der Waals surface area contributed by atoms with Crippen LogP contribution in [0.2, 0.25) is 0 Å². The molecule has 0 radical (unpaired) electrons. The number of pyridine rings is 1. The predicted molar refractivity (Wildman–Crippen MR) is 42.7 cm³/mol. The highest BCUT2D eigenvalue weighted by Gasteiger charge is 2.40. The number of carbonyl (C=O) groups is 1. The van der Waals surface area contributed by atoms with E-state index < -0.39 is 35.3 Å². The summed E-state index contributed by atoms with van der Waals surface area (Å²) in [6, 6.07) is 0.500. The van der Waals surface area contributed by atoms with Crippen molar-refractivity contribution < 1.29 is 26.7 Å². The minimum Gasteiger partial charge on any atom is -0.364 e. The summed E-state index contributed by atoms with van der Waals surface area (Å²) in [5.74, 6) is -1.50. The van der Waals surface area contributed by atoms with Gasteiger partial charge in [-0.15, -0.1) is 0 Å². The van der Waals surface area contributed by atoms with E-state index in [2.05, 4.69) is 10.7 Å². The van der Waals surface area contributed by atoms with Gasteiger partial charge in [0.15, 0.2) is 0 Å². The Labute approximate surface area is 86.1 Å². The fourth-order valence-electron chi connectivity index (χ4n) is 1.14. The van der Waals surface area contributed by atoms with Crippen molar-refractivity contribution in [1.82, 2.24) is 4.98 Å². The number of halogens is 5. The average molecular weight is 240 g/mol. The van der Waals surface area contributed by atoms with Crippen molar-refractivity contribution in [3.8, 4) is 0 Å². The van der Waals surface area contributed by atoms with Crippen molar-refractivity contribution in [2.75, 3.05) is 0 Å². The fraction of sp³-hybridized carbons (Fsp3) is 0.250. The molecule has 0 unspecified atom stereocenters. The Morgan fingerprint density at radius 3 is 2.31 bits per heavy atom. The zero-order valence-electron chi connectivity index (χ0n) is 7.55. The molecule has 1 aromatic rings. The van der Waals surface area contributed by atoms with Crippen LogP contribution >= 0.6 is 0 Å². The fourth-order valence-corrected chi connectivity index (χ4v) is 1.14. The molecule has 1 aromatic heterocycles. The van der Waals surface area contributed by atoms with Gasteiger partial charge < -0.3 is 5.73 Å². The van der Waals surface area contributed by atoms with E-state index in [0.717, 1.165) is 0 Å². The van der Waals surface area contributed by atoms with Gasteiger partial charge in [-0.1, -0.05) is 0 Å². The summed E-state index contributed by atoms with van der Waals surface area (Å²) in [5.41, 5.74) is 0.341. The van der Waals surface area contributed by atoms with Gasteiger partial charge in [-0.25, -0.2) is 8.78 Å². The van der Waals surface area contributed by atoms with Crippen molar-refractivity contribution in [3.63, 3.8) is 0 Å². The molecule has 2 N–H and O–H groups in total. The maximum Gasteiger partial charge on any atom is 0.419 e. The van der Waals surface area contributed by atoms with E-state index in [9.17, 15) is 26.7 Å². The average Bonchev–Trinajstić information content (AvgIpc) is 2.15. The number of amides is 1. The molecule has 0 saturated heterocycles. The summed E-state index contributed by atoms with van der Waals surface area (Å²) in [4.78, 5) is 13.7. The Hall–Kier alpha value is -1.73. The highest BCUT2D eigenvalue weighted by atomic mass is 19.4. The van der Waals surface area contributed by atoms with Gasteiger partial charge in [-0.2, -0.15) is 13.2 Å². The second kappa shape index (κ2) is 4.03. The van der Waals surface area contributed by atoms with Crippen LogP contribution in [0, 0.1) is 0 Å². The first-order valence-corrected chi connectivity index (χ1v) is 3.89. The summed E-state index contributed by atoms with van der Waals surface area (Å²) in [5, 5.41) is 0.